The van der Waals surface area contributed by atoms with Gasteiger partial charge in [-0.2, -0.15) is 5.26 Å². The van der Waals surface area contributed by atoms with E-state index in [1.54, 1.807) is 18.6 Å². The van der Waals surface area contributed by atoms with Gasteiger partial charge in [0.1, 0.15) is 0 Å². The normalized spacial score (nSPS) is 14.6. The number of nitrogens with two attached hydrogens (primary N) is 1. The number of aromatic nitrogens is 1. The molecule has 1 fully saturated rings. The number of amides is 2. The first-order valence-corrected chi connectivity index (χ1v) is 11.7. The molecule has 0 spiro atoms. The monoisotopic (exact) mass is 443 g/mol. The zero-order valence-corrected chi connectivity index (χ0v) is 19.2. The number of nitrogens with zero attached hydrogens (tertiary/aromatic N) is 5. The van der Waals surface area contributed by atoms with Gasteiger partial charge in [-0.1, -0.05) is 32.1 Å². The number of pyridine rings is 1. The van der Waals surface area contributed by atoms with Crippen molar-refractivity contribution in [3.63, 3.8) is 0 Å². The predicted molar refractivity (Wildman–Crippen MR) is 126 cm³/mol. The maximum atomic E-state index is 12.3. The van der Waals surface area contributed by atoms with Crippen LogP contribution < -0.4 is 16.0 Å². The Bertz CT molecular complexity index is 730. The fourth-order valence-corrected chi connectivity index (χ4v) is 3.90. The molecule has 1 aromatic heterocycles. The summed E-state index contributed by atoms with van der Waals surface area (Å²) in [7, 11) is 0. The fraction of sp³-hybridized carbons (Fsp3) is 0.652. The molecule has 1 aromatic rings. The van der Waals surface area contributed by atoms with Crippen molar-refractivity contribution in [1.29, 1.82) is 5.26 Å². The maximum absolute atomic E-state index is 12.3. The van der Waals surface area contributed by atoms with Crippen LogP contribution in [0, 0.1) is 17.4 Å². The Morgan fingerprint density at radius 1 is 1.22 bits per heavy atom. The Balaban J connectivity index is 1.75. The second-order valence-electron chi connectivity index (χ2n) is 8.08. The highest BCUT2D eigenvalue weighted by atomic mass is 16.7. The van der Waals surface area contributed by atoms with Crippen molar-refractivity contribution in [2.75, 3.05) is 31.1 Å². The molecule has 1 heterocycles. The molecule has 2 rings (SSSR count). The van der Waals surface area contributed by atoms with Crippen LogP contribution in [-0.4, -0.2) is 48.3 Å². The highest BCUT2D eigenvalue weighted by molar-refractivity contribution is 5.95. The molecule has 1 saturated carbocycles. The van der Waals surface area contributed by atoms with Gasteiger partial charge >= 0.3 is 6.03 Å². The van der Waals surface area contributed by atoms with Crippen molar-refractivity contribution in [3.8, 4) is 6.19 Å². The Morgan fingerprint density at radius 3 is 2.56 bits per heavy atom. The lowest BCUT2D eigenvalue weighted by Gasteiger charge is -2.27. The van der Waals surface area contributed by atoms with Crippen molar-refractivity contribution in [2.24, 2.45) is 16.6 Å². The van der Waals surface area contributed by atoms with Crippen LogP contribution in [0.1, 0.15) is 64.7 Å². The molecular weight excluding hydrogens is 406 g/mol. The van der Waals surface area contributed by atoms with E-state index in [2.05, 4.69) is 15.3 Å². The summed E-state index contributed by atoms with van der Waals surface area (Å²) in [4.78, 5) is 27.8. The topological polar surface area (TPSA) is 120 Å². The summed E-state index contributed by atoms with van der Waals surface area (Å²) < 4.78 is 0. The van der Waals surface area contributed by atoms with E-state index in [-0.39, 0.29) is 12.0 Å². The number of carbonyl (C=O) groups is 1. The number of nitriles is 1. The first kappa shape index (κ1) is 25.4. The summed E-state index contributed by atoms with van der Waals surface area (Å²) in [5.74, 6) is 0.734. The van der Waals surface area contributed by atoms with Crippen LogP contribution in [0.15, 0.2) is 29.5 Å². The minimum atomic E-state index is -0.160. The minimum Gasteiger partial charge on any atom is -0.369 e. The van der Waals surface area contributed by atoms with E-state index >= 15 is 0 Å². The average molecular weight is 444 g/mol. The van der Waals surface area contributed by atoms with Gasteiger partial charge < -0.3 is 16.0 Å². The number of hydroxylamine groups is 2. The smallest absolute Gasteiger partial charge is 0.341 e. The number of anilines is 1. The number of rotatable bonds is 12. The molecule has 32 heavy (non-hydrogen) atoms. The van der Waals surface area contributed by atoms with Crippen LogP contribution in [0.4, 0.5) is 10.5 Å². The summed E-state index contributed by atoms with van der Waals surface area (Å²) in [5, 5.41) is 13.2. The molecule has 2 amide bonds. The molecule has 1 aliphatic carbocycles. The lowest BCUT2D eigenvalue weighted by molar-refractivity contribution is -0.132. The molecule has 176 valence electrons. The van der Waals surface area contributed by atoms with Gasteiger partial charge in [-0.05, 0) is 50.7 Å². The van der Waals surface area contributed by atoms with Crippen LogP contribution in [0.2, 0.25) is 0 Å². The lowest BCUT2D eigenvalue weighted by atomic mass is 9.90. The molecular formula is C23H37N7O2. The third kappa shape index (κ3) is 9.10. The Hall–Kier alpha value is -2.86. The minimum absolute atomic E-state index is 0.160. The molecule has 1 aliphatic rings. The molecule has 9 heteroatoms. The molecule has 0 saturated heterocycles. The molecule has 0 atom stereocenters. The summed E-state index contributed by atoms with van der Waals surface area (Å²) in [6.07, 6.45) is 15.0. The molecule has 0 radical (unpaired) electrons. The van der Waals surface area contributed by atoms with Crippen LogP contribution >= 0.6 is 0 Å². The lowest BCUT2D eigenvalue weighted by Crippen LogP contribution is -2.41. The summed E-state index contributed by atoms with van der Waals surface area (Å²) >= 11 is 0. The van der Waals surface area contributed by atoms with E-state index in [9.17, 15) is 4.79 Å². The molecule has 0 aromatic carbocycles. The van der Waals surface area contributed by atoms with Crippen LogP contribution in [0.25, 0.3) is 0 Å². The maximum Gasteiger partial charge on any atom is 0.341 e. The van der Waals surface area contributed by atoms with Crippen molar-refractivity contribution in [1.82, 2.24) is 15.4 Å². The zero-order valence-electron chi connectivity index (χ0n) is 19.2. The molecule has 0 bridgehead atoms. The SMILES string of the molecule is CCNC(=O)N(CCCCCCN(C(N)=NC#N)c1ccncc1)OCC1CCCCC1. The summed E-state index contributed by atoms with van der Waals surface area (Å²) in [6, 6.07) is 3.52. The number of nitrogens with one attached hydrogen (secondary N) is 1. The van der Waals surface area contributed by atoms with E-state index in [4.69, 9.17) is 15.8 Å². The van der Waals surface area contributed by atoms with Crippen molar-refractivity contribution in [3.05, 3.63) is 24.5 Å². The molecule has 0 aliphatic heterocycles. The van der Waals surface area contributed by atoms with Crippen molar-refractivity contribution >= 4 is 17.7 Å². The summed E-state index contributed by atoms with van der Waals surface area (Å²) in [6.45, 7) is 4.34. The van der Waals surface area contributed by atoms with Crippen LogP contribution in [0.5, 0.6) is 0 Å². The Kier molecular flexibility index (Phi) is 11.9. The average Bonchev–Trinajstić information content (AvgIpc) is 2.82. The largest absolute Gasteiger partial charge is 0.369 e. The van der Waals surface area contributed by atoms with Gasteiger partial charge in [0.05, 0.1) is 13.2 Å². The first-order valence-electron chi connectivity index (χ1n) is 11.7. The number of urea groups is 1. The highest BCUT2D eigenvalue weighted by Gasteiger charge is 2.18. The third-order valence-electron chi connectivity index (χ3n) is 5.65. The number of guanidine groups is 1. The van der Waals surface area contributed by atoms with E-state index in [0.717, 1.165) is 31.4 Å². The van der Waals surface area contributed by atoms with E-state index in [1.807, 2.05) is 24.0 Å². The van der Waals surface area contributed by atoms with E-state index in [0.29, 0.717) is 32.2 Å². The Morgan fingerprint density at radius 2 is 1.91 bits per heavy atom. The Labute approximate surface area is 191 Å². The second kappa shape index (κ2) is 15.0. The fourth-order valence-electron chi connectivity index (χ4n) is 3.90. The summed E-state index contributed by atoms with van der Waals surface area (Å²) in [5.41, 5.74) is 6.82. The van der Waals surface area contributed by atoms with Gasteiger partial charge in [-0.3, -0.25) is 9.82 Å². The zero-order chi connectivity index (χ0) is 23.0. The second-order valence-corrected chi connectivity index (χ2v) is 8.08. The molecule has 9 nitrogen and oxygen atoms in total. The van der Waals surface area contributed by atoms with E-state index in [1.165, 1.54) is 37.2 Å². The van der Waals surface area contributed by atoms with Crippen molar-refractivity contribution in [2.45, 2.75) is 64.7 Å². The van der Waals surface area contributed by atoms with Gasteiger partial charge in [0.25, 0.3) is 0 Å². The quantitative estimate of drug-likeness (QED) is 0.167. The number of hydrogen-bond donors (Lipinski definition) is 2. The standard InChI is InChI=1S/C23H37N7O2/c1-2-27-23(31)30(32-18-20-10-6-5-7-11-20)17-9-4-3-8-16-29(22(25)28-19-24)21-12-14-26-15-13-21/h12-15,20H,2-11,16-18H2,1H3,(H2,25,28)(H,27,31). The number of aliphatic imine (C=N–C) groups is 1. The van der Waals surface area contributed by atoms with Gasteiger partial charge in [0.15, 0.2) is 0 Å². The van der Waals surface area contributed by atoms with Gasteiger partial charge in [-0.15, -0.1) is 4.99 Å². The van der Waals surface area contributed by atoms with Gasteiger partial charge in [0.2, 0.25) is 12.2 Å². The molecule has 3 N–H and O–H groups in total. The molecule has 0 unspecified atom stereocenters. The van der Waals surface area contributed by atoms with Gasteiger partial charge in [0, 0.05) is 31.2 Å². The van der Waals surface area contributed by atoms with Crippen molar-refractivity contribution < 1.29 is 9.63 Å². The van der Waals surface area contributed by atoms with Crippen LogP contribution in [0.3, 0.4) is 0 Å². The third-order valence-corrected chi connectivity index (χ3v) is 5.65. The number of hydrogen-bond acceptors (Lipinski definition) is 5. The first-order chi connectivity index (χ1) is 15.7. The predicted octanol–water partition coefficient (Wildman–Crippen LogP) is 3.79. The number of unbranched alkanes of at least 4 members (excludes halogenated alkanes) is 3. The van der Waals surface area contributed by atoms with E-state index < -0.39 is 0 Å². The highest BCUT2D eigenvalue weighted by Crippen LogP contribution is 2.24. The number of carbonyl (C=O) groups excluding carboxylic acids is 1. The van der Waals surface area contributed by atoms with Gasteiger partial charge in [-0.25, -0.2) is 9.86 Å². The van der Waals surface area contributed by atoms with Crippen LogP contribution in [-0.2, 0) is 4.84 Å².